The van der Waals surface area contributed by atoms with Crippen LogP contribution in [-0.2, 0) is 9.47 Å². The van der Waals surface area contributed by atoms with Gasteiger partial charge in [-0.25, -0.2) is 0 Å². The van der Waals surface area contributed by atoms with Crippen LogP contribution in [0.4, 0.5) is 0 Å². The van der Waals surface area contributed by atoms with E-state index < -0.39 is 0 Å². The maximum Gasteiger partial charge on any atom is 0.106 e. The SMILES string of the molecule is Cc1ccc(C2COCCO2)cc1. The van der Waals surface area contributed by atoms with Crippen LogP contribution >= 0.6 is 0 Å². The van der Waals surface area contributed by atoms with Crippen molar-refractivity contribution in [3.05, 3.63) is 35.4 Å². The summed E-state index contributed by atoms with van der Waals surface area (Å²) in [6.45, 7) is 4.20. The highest BCUT2D eigenvalue weighted by atomic mass is 16.6. The summed E-state index contributed by atoms with van der Waals surface area (Å²) in [4.78, 5) is 0. The fourth-order valence-corrected chi connectivity index (χ4v) is 1.46. The van der Waals surface area contributed by atoms with Crippen molar-refractivity contribution in [2.45, 2.75) is 13.0 Å². The van der Waals surface area contributed by atoms with E-state index in [9.17, 15) is 0 Å². The van der Waals surface area contributed by atoms with Gasteiger partial charge in [0.25, 0.3) is 0 Å². The summed E-state index contributed by atoms with van der Waals surface area (Å²) in [6, 6.07) is 8.42. The molecule has 1 unspecified atom stereocenters. The molecule has 1 fully saturated rings. The second-order valence-corrected chi connectivity index (χ2v) is 3.35. The molecule has 0 radical (unpaired) electrons. The molecule has 13 heavy (non-hydrogen) atoms. The molecule has 0 aromatic heterocycles. The molecule has 70 valence electrons. The van der Waals surface area contributed by atoms with E-state index in [1.807, 2.05) is 0 Å². The number of rotatable bonds is 1. The van der Waals surface area contributed by atoms with E-state index in [1.54, 1.807) is 0 Å². The van der Waals surface area contributed by atoms with Crippen LogP contribution in [0.25, 0.3) is 0 Å². The first kappa shape index (κ1) is 8.73. The minimum Gasteiger partial charge on any atom is -0.376 e. The van der Waals surface area contributed by atoms with E-state index in [-0.39, 0.29) is 6.10 Å². The van der Waals surface area contributed by atoms with Crippen molar-refractivity contribution < 1.29 is 9.47 Å². The summed E-state index contributed by atoms with van der Waals surface area (Å²) < 4.78 is 10.9. The fraction of sp³-hybridized carbons (Fsp3) is 0.455. The van der Waals surface area contributed by atoms with Crippen molar-refractivity contribution in [1.29, 1.82) is 0 Å². The van der Waals surface area contributed by atoms with Gasteiger partial charge in [-0.2, -0.15) is 0 Å². The molecule has 1 aliphatic rings. The minimum absolute atomic E-state index is 0.134. The Labute approximate surface area is 78.5 Å². The van der Waals surface area contributed by atoms with Gasteiger partial charge < -0.3 is 9.47 Å². The number of benzene rings is 1. The van der Waals surface area contributed by atoms with Crippen LogP contribution in [0.15, 0.2) is 24.3 Å². The van der Waals surface area contributed by atoms with Gasteiger partial charge in [-0.05, 0) is 12.5 Å². The molecule has 2 nitrogen and oxygen atoms in total. The van der Waals surface area contributed by atoms with Crippen molar-refractivity contribution in [2.75, 3.05) is 19.8 Å². The molecule has 0 amide bonds. The van der Waals surface area contributed by atoms with Gasteiger partial charge in [0.2, 0.25) is 0 Å². The predicted molar refractivity (Wildman–Crippen MR) is 50.7 cm³/mol. The molecule has 0 bridgehead atoms. The lowest BCUT2D eigenvalue weighted by atomic mass is 10.1. The molecule has 1 aliphatic heterocycles. The summed E-state index contributed by atoms with van der Waals surface area (Å²) in [7, 11) is 0. The van der Waals surface area contributed by atoms with E-state index in [0.717, 1.165) is 6.61 Å². The summed E-state index contributed by atoms with van der Waals surface area (Å²) in [5.74, 6) is 0. The van der Waals surface area contributed by atoms with Crippen LogP contribution in [0.3, 0.4) is 0 Å². The van der Waals surface area contributed by atoms with E-state index in [0.29, 0.717) is 13.2 Å². The first-order valence-corrected chi connectivity index (χ1v) is 4.62. The summed E-state index contributed by atoms with van der Waals surface area (Å²) >= 11 is 0. The highest BCUT2D eigenvalue weighted by Crippen LogP contribution is 2.20. The average Bonchev–Trinajstić information content (AvgIpc) is 2.20. The van der Waals surface area contributed by atoms with Gasteiger partial charge in [0.1, 0.15) is 6.10 Å². The van der Waals surface area contributed by atoms with Crippen LogP contribution in [0, 0.1) is 6.92 Å². The van der Waals surface area contributed by atoms with E-state index in [4.69, 9.17) is 9.47 Å². The Bertz CT molecular complexity index is 260. The number of hydrogen-bond donors (Lipinski definition) is 0. The standard InChI is InChI=1S/C11H14O2/c1-9-2-4-10(5-3-9)11-8-12-6-7-13-11/h2-5,11H,6-8H2,1H3. The highest BCUT2D eigenvalue weighted by Gasteiger charge is 2.15. The number of ether oxygens (including phenoxy) is 2. The monoisotopic (exact) mass is 178 g/mol. The van der Waals surface area contributed by atoms with Gasteiger partial charge in [-0.3, -0.25) is 0 Å². The zero-order valence-electron chi connectivity index (χ0n) is 7.82. The summed E-state index contributed by atoms with van der Waals surface area (Å²) in [5, 5.41) is 0. The Balaban J connectivity index is 2.10. The van der Waals surface area contributed by atoms with E-state index in [2.05, 4.69) is 31.2 Å². The Morgan fingerprint density at radius 3 is 2.54 bits per heavy atom. The first-order valence-electron chi connectivity index (χ1n) is 4.62. The Morgan fingerprint density at radius 2 is 1.92 bits per heavy atom. The molecule has 2 heteroatoms. The van der Waals surface area contributed by atoms with Crippen LogP contribution in [0.1, 0.15) is 17.2 Å². The zero-order chi connectivity index (χ0) is 9.10. The molecule has 1 atom stereocenters. The molecule has 1 aromatic rings. The van der Waals surface area contributed by atoms with E-state index in [1.165, 1.54) is 11.1 Å². The van der Waals surface area contributed by atoms with Gasteiger partial charge in [0.15, 0.2) is 0 Å². The van der Waals surface area contributed by atoms with Crippen molar-refractivity contribution in [3.8, 4) is 0 Å². The average molecular weight is 178 g/mol. The molecule has 1 saturated heterocycles. The molecule has 1 aromatic carbocycles. The zero-order valence-corrected chi connectivity index (χ0v) is 7.82. The second-order valence-electron chi connectivity index (χ2n) is 3.35. The lowest BCUT2D eigenvalue weighted by molar-refractivity contribution is -0.0901. The number of hydrogen-bond acceptors (Lipinski definition) is 2. The minimum atomic E-state index is 0.134. The molecular formula is C11H14O2. The lowest BCUT2D eigenvalue weighted by Gasteiger charge is -2.23. The fourth-order valence-electron chi connectivity index (χ4n) is 1.46. The smallest absolute Gasteiger partial charge is 0.106 e. The molecule has 2 rings (SSSR count). The van der Waals surface area contributed by atoms with Gasteiger partial charge in [0.05, 0.1) is 19.8 Å². The Hall–Kier alpha value is -0.860. The third-order valence-electron chi connectivity index (χ3n) is 2.27. The third-order valence-corrected chi connectivity index (χ3v) is 2.27. The Kier molecular flexibility index (Phi) is 2.62. The molecule has 0 spiro atoms. The first-order chi connectivity index (χ1) is 6.36. The van der Waals surface area contributed by atoms with Crippen LogP contribution in [0.2, 0.25) is 0 Å². The maximum atomic E-state index is 5.58. The van der Waals surface area contributed by atoms with Crippen molar-refractivity contribution in [2.24, 2.45) is 0 Å². The quantitative estimate of drug-likeness (QED) is 0.655. The van der Waals surface area contributed by atoms with E-state index >= 15 is 0 Å². The lowest BCUT2D eigenvalue weighted by Crippen LogP contribution is -2.21. The molecule has 0 N–H and O–H groups in total. The van der Waals surface area contributed by atoms with Crippen LogP contribution in [-0.4, -0.2) is 19.8 Å². The van der Waals surface area contributed by atoms with Crippen molar-refractivity contribution in [1.82, 2.24) is 0 Å². The largest absolute Gasteiger partial charge is 0.376 e. The topological polar surface area (TPSA) is 18.5 Å². The van der Waals surface area contributed by atoms with Crippen LogP contribution in [0.5, 0.6) is 0 Å². The molecule has 0 aliphatic carbocycles. The number of aryl methyl sites for hydroxylation is 1. The molecule has 1 heterocycles. The summed E-state index contributed by atoms with van der Waals surface area (Å²) in [6.07, 6.45) is 0.134. The van der Waals surface area contributed by atoms with Crippen molar-refractivity contribution >= 4 is 0 Å². The third kappa shape index (κ3) is 2.08. The van der Waals surface area contributed by atoms with Gasteiger partial charge in [-0.1, -0.05) is 29.8 Å². The van der Waals surface area contributed by atoms with Gasteiger partial charge in [-0.15, -0.1) is 0 Å². The van der Waals surface area contributed by atoms with Gasteiger partial charge in [0, 0.05) is 0 Å². The highest BCUT2D eigenvalue weighted by molar-refractivity contribution is 5.23. The van der Waals surface area contributed by atoms with Crippen molar-refractivity contribution in [3.63, 3.8) is 0 Å². The predicted octanol–water partition coefficient (Wildman–Crippen LogP) is 2.08. The van der Waals surface area contributed by atoms with Crippen LogP contribution < -0.4 is 0 Å². The second kappa shape index (κ2) is 3.90. The van der Waals surface area contributed by atoms with Gasteiger partial charge >= 0.3 is 0 Å². The molecular weight excluding hydrogens is 164 g/mol. The molecule has 0 saturated carbocycles. The maximum absolute atomic E-state index is 5.58. The normalized spacial score (nSPS) is 23.0. The summed E-state index contributed by atoms with van der Waals surface area (Å²) in [5.41, 5.74) is 2.49. The Morgan fingerprint density at radius 1 is 1.15 bits per heavy atom.